The maximum atomic E-state index is 12.3. The van der Waals surface area contributed by atoms with Crippen LogP contribution in [-0.4, -0.2) is 73.7 Å². The highest BCUT2D eigenvalue weighted by Gasteiger charge is 2.29. The van der Waals surface area contributed by atoms with Gasteiger partial charge in [0.1, 0.15) is 30.3 Å². The van der Waals surface area contributed by atoms with Crippen molar-refractivity contribution >= 4 is 34.6 Å². The lowest BCUT2D eigenvalue weighted by Crippen LogP contribution is -2.29. The van der Waals surface area contributed by atoms with Gasteiger partial charge >= 0.3 is 0 Å². The highest BCUT2D eigenvalue weighted by Crippen LogP contribution is 2.39. The first-order valence-electron chi connectivity index (χ1n) is 15.0. The van der Waals surface area contributed by atoms with Crippen molar-refractivity contribution in [3.8, 4) is 11.5 Å². The van der Waals surface area contributed by atoms with Crippen LogP contribution >= 0.6 is 0 Å². The monoisotopic (exact) mass is 624 g/mol. The number of ether oxygens (including phenoxy) is 2. The van der Waals surface area contributed by atoms with Crippen LogP contribution in [0.5, 0.6) is 11.5 Å². The van der Waals surface area contributed by atoms with E-state index in [0.717, 1.165) is 42.2 Å². The summed E-state index contributed by atoms with van der Waals surface area (Å²) in [7, 11) is 7.61. The Balaban J connectivity index is 1.37. The number of hydrogen-bond acceptors (Lipinski definition) is 11. The fourth-order valence-corrected chi connectivity index (χ4v) is 5.03. The number of pyridine rings is 1. The third kappa shape index (κ3) is 8.09. The summed E-state index contributed by atoms with van der Waals surface area (Å²) >= 11 is 0. The minimum atomic E-state index is -0.314. The molecule has 4 aromatic rings. The van der Waals surface area contributed by atoms with Gasteiger partial charge < -0.3 is 29.9 Å². The van der Waals surface area contributed by atoms with Gasteiger partial charge in [0.15, 0.2) is 5.82 Å². The number of carbonyl (C=O) groups is 1. The molecule has 12 nitrogen and oxygen atoms in total. The van der Waals surface area contributed by atoms with E-state index in [0.29, 0.717) is 42.0 Å². The molecule has 46 heavy (non-hydrogen) atoms. The second-order valence-electron chi connectivity index (χ2n) is 11.0. The van der Waals surface area contributed by atoms with Crippen molar-refractivity contribution in [2.75, 3.05) is 68.5 Å². The average Bonchev–Trinajstić information content (AvgIpc) is 3.57. The zero-order chi connectivity index (χ0) is 32.5. The van der Waals surface area contributed by atoms with Gasteiger partial charge in [0.25, 0.3) is 0 Å². The average molecular weight is 625 g/mol. The number of anilines is 5. The lowest BCUT2D eigenvalue weighted by atomic mass is 10.0. The molecule has 240 valence electrons. The molecule has 1 atom stereocenters. The summed E-state index contributed by atoms with van der Waals surface area (Å²) in [6, 6.07) is 19.2. The predicted molar refractivity (Wildman–Crippen MR) is 180 cm³/mol. The fourth-order valence-electron chi connectivity index (χ4n) is 5.03. The summed E-state index contributed by atoms with van der Waals surface area (Å²) in [6.07, 6.45) is 5.26. The van der Waals surface area contributed by atoms with Crippen LogP contribution in [0.3, 0.4) is 0 Å². The van der Waals surface area contributed by atoms with Crippen LogP contribution in [0.4, 0.5) is 28.7 Å². The van der Waals surface area contributed by atoms with Crippen LogP contribution in [0, 0.1) is 0 Å². The molecular formula is C34H40N8O4. The summed E-state index contributed by atoms with van der Waals surface area (Å²) in [4.78, 5) is 35.9. The number of methoxy groups -OCH3 is 1. The summed E-state index contributed by atoms with van der Waals surface area (Å²) in [5.41, 5.74) is 3.94. The van der Waals surface area contributed by atoms with E-state index in [4.69, 9.17) is 14.3 Å². The Kier molecular flexibility index (Phi) is 10.6. The third-order valence-electron chi connectivity index (χ3n) is 7.46. The van der Waals surface area contributed by atoms with E-state index in [2.05, 4.69) is 48.0 Å². The molecule has 0 aliphatic carbocycles. The predicted octanol–water partition coefficient (Wildman–Crippen LogP) is 5.21. The van der Waals surface area contributed by atoms with E-state index in [1.54, 1.807) is 18.4 Å². The van der Waals surface area contributed by atoms with Crippen LogP contribution in [0.2, 0.25) is 0 Å². The summed E-state index contributed by atoms with van der Waals surface area (Å²) in [5.74, 6) is 2.15. The van der Waals surface area contributed by atoms with Crippen LogP contribution in [0.15, 0.2) is 85.8 Å². The van der Waals surface area contributed by atoms with Gasteiger partial charge in [-0.3, -0.25) is 14.6 Å². The number of likely N-dealkylation sites (N-methyl/N-ethyl adjacent to an activating group) is 2. The molecule has 12 heteroatoms. The Morgan fingerprint density at radius 3 is 2.70 bits per heavy atom. The Bertz CT molecular complexity index is 1630. The molecule has 5 rings (SSSR count). The van der Waals surface area contributed by atoms with Crippen molar-refractivity contribution in [1.29, 1.82) is 0 Å². The number of aromatic nitrogens is 3. The Labute approximate surface area is 269 Å². The maximum Gasteiger partial charge on any atom is 0.247 e. The normalized spacial score (nSPS) is 14.2. The zero-order valence-corrected chi connectivity index (χ0v) is 26.6. The number of carbonyl (C=O) groups excluding carboxylic acids is 1. The second kappa shape index (κ2) is 15.2. The first kappa shape index (κ1) is 32.2. The molecule has 0 bridgehead atoms. The maximum absolute atomic E-state index is 12.3. The van der Waals surface area contributed by atoms with Crippen molar-refractivity contribution in [3.05, 3.63) is 97.1 Å². The zero-order valence-electron chi connectivity index (χ0n) is 26.6. The van der Waals surface area contributed by atoms with E-state index in [1.165, 1.54) is 12.4 Å². The van der Waals surface area contributed by atoms with Crippen LogP contribution < -0.4 is 30.1 Å². The molecule has 1 fully saturated rings. The summed E-state index contributed by atoms with van der Waals surface area (Å²) in [5, 5.41) is 8.08. The highest BCUT2D eigenvalue weighted by molar-refractivity contribution is 6.02. The quantitative estimate of drug-likeness (QED) is 0.180. The van der Waals surface area contributed by atoms with Crippen molar-refractivity contribution in [2.24, 2.45) is 0 Å². The summed E-state index contributed by atoms with van der Waals surface area (Å²) < 4.78 is 11.8. The van der Waals surface area contributed by atoms with Crippen LogP contribution in [-0.2, 0) is 16.2 Å². The molecule has 1 aliphatic heterocycles. The lowest BCUT2D eigenvalue weighted by molar-refractivity contribution is -0.111. The Morgan fingerprint density at radius 1 is 1.07 bits per heavy atom. The van der Waals surface area contributed by atoms with Crippen molar-refractivity contribution in [2.45, 2.75) is 19.1 Å². The molecule has 1 aliphatic rings. The van der Waals surface area contributed by atoms with Crippen LogP contribution in [0.25, 0.3) is 0 Å². The van der Waals surface area contributed by atoms with E-state index in [9.17, 15) is 4.79 Å². The molecule has 3 heterocycles. The topological polar surface area (TPSA) is 117 Å². The molecule has 1 amide bonds. The number of benzene rings is 2. The lowest BCUT2D eigenvalue weighted by Gasteiger charge is -2.26. The van der Waals surface area contributed by atoms with E-state index < -0.39 is 0 Å². The number of amides is 1. The van der Waals surface area contributed by atoms with Gasteiger partial charge in [0.05, 0.1) is 42.5 Å². The number of hydroxylamine groups is 1. The number of nitrogens with zero attached hydrogens (tertiary/aromatic N) is 6. The van der Waals surface area contributed by atoms with Gasteiger partial charge in [0.2, 0.25) is 5.91 Å². The number of nitrogens with one attached hydrogen (secondary N) is 2. The highest BCUT2D eigenvalue weighted by atomic mass is 16.7. The molecule has 2 N–H and O–H groups in total. The fraction of sp³-hybridized carbons (Fsp3) is 0.294. The van der Waals surface area contributed by atoms with Gasteiger partial charge in [-0.25, -0.2) is 15.0 Å². The molecule has 0 spiro atoms. The van der Waals surface area contributed by atoms with Gasteiger partial charge in [0, 0.05) is 44.9 Å². The molecule has 2 aromatic heterocycles. The van der Waals surface area contributed by atoms with Gasteiger partial charge in [-0.1, -0.05) is 24.8 Å². The van der Waals surface area contributed by atoms with Gasteiger partial charge in [-0.05, 0) is 56.1 Å². The van der Waals surface area contributed by atoms with Crippen molar-refractivity contribution < 1.29 is 19.1 Å². The first-order chi connectivity index (χ1) is 22.3. The van der Waals surface area contributed by atoms with E-state index in [1.807, 2.05) is 75.7 Å². The second-order valence-corrected chi connectivity index (χ2v) is 11.0. The van der Waals surface area contributed by atoms with Crippen LogP contribution in [0.1, 0.15) is 23.7 Å². The van der Waals surface area contributed by atoms with E-state index >= 15 is 0 Å². The smallest absolute Gasteiger partial charge is 0.247 e. The molecule has 1 unspecified atom stereocenters. The molecular weight excluding hydrogens is 584 g/mol. The standard InChI is InChI=1S/C34H40N8O4/c1-6-34(43)39-27-19-28(31(44-5)20-30(27)41(4)16-15-40(2)3)38-32-21-33(37-23-36-32)42-29(13-17-46-42)24-10-9-12-26(18-24)45-22-25-11-7-8-14-35-25/h6-12,14,18-21,23,29H,1,13,15-17,22H2,2-5H3,(H,39,43)(H,36,37,38). The third-order valence-corrected chi connectivity index (χ3v) is 7.46. The Morgan fingerprint density at radius 2 is 1.93 bits per heavy atom. The number of rotatable bonds is 14. The number of hydrogen-bond donors (Lipinski definition) is 2. The molecule has 0 saturated carbocycles. The van der Waals surface area contributed by atoms with Gasteiger partial charge in [-0.2, -0.15) is 0 Å². The minimum Gasteiger partial charge on any atom is -0.494 e. The Hall–Kier alpha value is -5.20. The molecule has 1 saturated heterocycles. The van der Waals surface area contributed by atoms with Gasteiger partial charge in [-0.15, -0.1) is 0 Å². The molecule has 2 aromatic carbocycles. The van der Waals surface area contributed by atoms with Crippen molar-refractivity contribution in [3.63, 3.8) is 0 Å². The molecule has 0 radical (unpaired) electrons. The first-order valence-corrected chi connectivity index (χ1v) is 15.0. The SMILES string of the molecule is C=CC(=O)Nc1cc(Nc2cc(N3OCCC3c3cccc(OCc4ccccn4)c3)ncn2)c(OC)cc1N(C)CCN(C)C. The summed E-state index contributed by atoms with van der Waals surface area (Å²) in [6.45, 7) is 6.10. The minimum absolute atomic E-state index is 0.0756. The van der Waals surface area contributed by atoms with Crippen molar-refractivity contribution in [1.82, 2.24) is 19.9 Å². The largest absolute Gasteiger partial charge is 0.494 e. The van der Waals surface area contributed by atoms with E-state index in [-0.39, 0.29) is 11.9 Å².